The van der Waals surface area contributed by atoms with Crippen LogP contribution >= 0.6 is 11.6 Å². The van der Waals surface area contributed by atoms with E-state index < -0.39 is 0 Å². The molecule has 4 heteroatoms. The lowest BCUT2D eigenvalue weighted by Gasteiger charge is -2.05. The topological polar surface area (TPSA) is 34.9 Å². The summed E-state index contributed by atoms with van der Waals surface area (Å²) in [6, 6.07) is 0. The van der Waals surface area contributed by atoms with Gasteiger partial charge in [0.15, 0.2) is 0 Å². The molecule has 1 heterocycles. The van der Waals surface area contributed by atoms with E-state index in [4.69, 9.17) is 11.6 Å². The molecule has 0 spiro atoms. The Hall–Kier alpha value is -0.830. The second kappa shape index (κ2) is 5.91. The molecule has 0 aliphatic heterocycles. The fourth-order valence-electron chi connectivity index (χ4n) is 1.48. The number of hydrogen-bond acceptors (Lipinski definition) is 2. The zero-order valence-electron chi connectivity index (χ0n) is 9.29. The molecule has 0 atom stereocenters. The Bertz CT molecular complexity index is 333. The predicted octanol–water partition coefficient (Wildman–Crippen LogP) is 2.86. The minimum absolute atomic E-state index is 0.273. The molecule has 0 aliphatic rings. The monoisotopic (exact) mass is 228 g/mol. The van der Waals surface area contributed by atoms with Gasteiger partial charge in [-0.15, -0.1) is 0 Å². The molecule has 1 rings (SSSR count). The van der Waals surface area contributed by atoms with E-state index in [-0.39, 0.29) is 5.78 Å². The average molecular weight is 229 g/mol. The van der Waals surface area contributed by atoms with Gasteiger partial charge in [-0.1, -0.05) is 25.4 Å². The van der Waals surface area contributed by atoms with E-state index in [1.54, 1.807) is 6.20 Å². The lowest BCUT2D eigenvalue weighted by molar-refractivity contribution is -0.118. The number of hydrogen-bond donors (Lipinski definition) is 0. The largest absolute Gasteiger partial charge is 0.300 e. The van der Waals surface area contributed by atoms with Crippen LogP contribution in [0.3, 0.4) is 0 Å². The zero-order chi connectivity index (χ0) is 11.3. The maximum Gasteiger partial charge on any atom is 0.133 e. The van der Waals surface area contributed by atoms with Gasteiger partial charge in [-0.25, -0.2) is 0 Å². The van der Waals surface area contributed by atoms with Crippen molar-refractivity contribution in [2.75, 3.05) is 0 Å². The fourth-order valence-corrected chi connectivity index (χ4v) is 1.71. The summed E-state index contributed by atoms with van der Waals surface area (Å²) in [6.07, 6.45) is 4.53. The van der Waals surface area contributed by atoms with Gasteiger partial charge in [-0.3, -0.25) is 9.48 Å². The van der Waals surface area contributed by atoms with Crippen molar-refractivity contribution in [3.63, 3.8) is 0 Å². The van der Waals surface area contributed by atoms with E-state index in [2.05, 4.69) is 12.0 Å². The highest BCUT2D eigenvalue weighted by Gasteiger charge is 2.09. The zero-order valence-corrected chi connectivity index (χ0v) is 10.0. The van der Waals surface area contributed by atoms with E-state index in [1.807, 2.05) is 11.6 Å². The minimum Gasteiger partial charge on any atom is -0.300 e. The van der Waals surface area contributed by atoms with Gasteiger partial charge in [0, 0.05) is 19.4 Å². The molecule has 84 valence electrons. The van der Waals surface area contributed by atoms with E-state index in [0.717, 1.165) is 18.7 Å². The van der Waals surface area contributed by atoms with Gasteiger partial charge in [0.2, 0.25) is 0 Å². The number of carbonyl (C=O) groups excluding carboxylic acids is 1. The van der Waals surface area contributed by atoms with Crippen LogP contribution in [0.25, 0.3) is 0 Å². The Morgan fingerprint density at radius 2 is 2.27 bits per heavy atom. The van der Waals surface area contributed by atoms with Crippen molar-refractivity contribution in [1.29, 1.82) is 0 Å². The fraction of sp³-hybridized carbons (Fsp3) is 0.636. The van der Waals surface area contributed by atoms with Crippen LogP contribution in [0.2, 0.25) is 5.02 Å². The quantitative estimate of drug-likeness (QED) is 0.751. The molecule has 0 bridgehead atoms. The Morgan fingerprint density at radius 1 is 1.53 bits per heavy atom. The first-order valence-corrected chi connectivity index (χ1v) is 5.78. The first kappa shape index (κ1) is 12.2. The number of carbonyl (C=O) groups is 1. The van der Waals surface area contributed by atoms with Gasteiger partial charge in [-0.2, -0.15) is 5.10 Å². The highest BCUT2D eigenvalue weighted by atomic mass is 35.5. The van der Waals surface area contributed by atoms with Gasteiger partial charge in [0.25, 0.3) is 0 Å². The van der Waals surface area contributed by atoms with Crippen LogP contribution in [0.1, 0.15) is 38.8 Å². The Labute approximate surface area is 95.4 Å². The molecule has 0 aromatic carbocycles. The summed E-state index contributed by atoms with van der Waals surface area (Å²) in [7, 11) is 0. The molecule has 15 heavy (non-hydrogen) atoms. The van der Waals surface area contributed by atoms with Crippen molar-refractivity contribution in [1.82, 2.24) is 9.78 Å². The van der Waals surface area contributed by atoms with Gasteiger partial charge in [0.05, 0.1) is 16.9 Å². The van der Waals surface area contributed by atoms with Crippen molar-refractivity contribution in [2.24, 2.45) is 0 Å². The highest BCUT2D eigenvalue weighted by Crippen LogP contribution is 2.17. The molecule has 0 saturated heterocycles. The Balaban J connectivity index is 2.65. The number of aromatic nitrogens is 2. The molecule has 0 saturated carbocycles. The van der Waals surface area contributed by atoms with Gasteiger partial charge >= 0.3 is 0 Å². The van der Waals surface area contributed by atoms with Crippen molar-refractivity contribution < 1.29 is 4.79 Å². The van der Waals surface area contributed by atoms with E-state index in [1.165, 1.54) is 0 Å². The van der Waals surface area contributed by atoms with Crippen LogP contribution in [0.15, 0.2) is 6.20 Å². The number of halogens is 1. The molecular weight excluding hydrogens is 212 g/mol. The number of aryl methyl sites for hydroxylation is 1. The number of Topliss-reactive ketones (excluding diaryl/α,β-unsaturated/α-hetero) is 1. The second-order valence-electron chi connectivity index (χ2n) is 3.55. The normalized spacial score (nSPS) is 10.6. The van der Waals surface area contributed by atoms with E-state index in [9.17, 15) is 4.79 Å². The molecule has 0 N–H and O–H groups in total. The molecule has 0 fully saturated rings. The van der Waals surface area contributed by atoms with Crippen LogP contribution in [-0.2, 0) is 17.8 Å². The van der Waals surface area contributed by atoms with Crippen LogP contribution in [0.4, 0.5) is 0 Å². The lowest BCUT2D eigenvalue weighted by Crippen LogP contribution is -2.07. The summed E-state index contributed by atoms with van der Waals surface area (Å²) in [5.74, 6) is 0.273. The SMILES string of the molecule is CCCn1ncc(Cl)c1CCC(=O)CC. The molecule has 3 nitrogen and oxygen atoms in total. The number of nitrogens with zero attached hydrogens (tertiary/aromatic N) is 2. The maximum absolute atomic E-state index is 11.2. The summed E-state index contributed by atoms with van der Waals surface area (Å²) in [6.45, 7) is 4.84. The minimum atomic E-state index is 0.273. The Kier molecular flexibility index (Phi) is 4.82. The summed E-state index contributed by atoms with van der Waals surface area (Å²) >= 11 is 6.01. The molecule has 0 unspecified atom stereocenters. The second-order valence-corrected chi connectivity index (χ2v) is 3.96. The van der Waals surface area contributed by atoms with Crippen molar-refractivity contribution >= 4 is 17.4 Å². The van der Waals surface area contributed by atoms with Gasteiger partial charge in [0.1, 0.15) is 5.78 Å². The summed E-state index contributed by atoms with van der Waals surface area (Å²) in [4.78, 5) is 11.2. The smallest absolute Gasteiger partial charge is 0.133 e. The van der Waals surface area contributed by atoms with Crippen molar-refractivity contribution in [3.8, 4) is 0 Å². The van der Waals surface area contributed by atoms with Gasteiger partial charge < -0.3 is 0 Å². The molecule has 0 amide bonds. The summed E-state index contributed by atoms with van der Waals surface area (Å²) in [5, 5.41) is 4.86. The first-order valence-electron chi connectivity index (χ1n) is 5.40. The summed E-state index contributed by atoms with van der Waals surface area (Å²) in [5.41, 5.74) is 0.986. The maximum atomic E-state index is 11.2. The highest BCUT2D eigenvalue weighted by molar-refractivity contribution is 6.31. The number of ketones is 1. The summed E-state index contributed by atoms with van der Waals surface area (Å²) < 4.78 is 1.89. The molecule has 1 aromatic heterocycles. The average Bonchev–Trinajstić information content (AvgIpc) is 2.57. The van der Waals surface area contributed by atoms with Crippen LogP contribution in [0.5, 0.6) is 0 Å². The predicted molar refractivity (Wildman–Crippen MR) is 61.1 cm³/mol. The van der Waals surface area contributed by atoms with Crippen LogP contribution in [-0.4, -0.2) is 15.6 Å². The van der Waals surface area contributed by atoms with Crippen LogP contribution < -0.4 is 0 Å². The standard InChI is InChI=1S/C11H17ClN2O/c1-3-7-14-11(10(12)8-13-14)6-5-9(15)4-2/h8H,3-7H2,1-2H3. The third kappa shape index (κ3) is 3.34. The molecular formula is C11H17ClN2O. The molecule has 1 aromatic rings. The van der Waals surface area contributed by atoms with Crippen molar-refractivity contribution in [2.45, 2.75) is 46.1 Å². The molecule has 0 aliphatic carbocycles. The van der Waals surface area contributed by atoms with Crippen LogP contribution in [0, 0.1) is 0 Å². The third-order valence-corrected chi connectivity index (χ3v) is 2.68. The third-order valence-electron chi connectivity index (χ3n) is 2.37. The lowest BCUT2D eigenvalue weighted by atomic mass is 10.1. The molecule has 0 radical (unpaired) electrons. The van der Waals surface area contributed by atoms with Crippen molar-refractivity contribution in [3.05, 3.63) is 16.9 Å². The van der Waals surface area contributed by atoms with E-state index >= 15 is 0 Å². The Morgan fingerprint density at radius 3 is 2.87 bits per heavy atom. The van der Waals surface area contributed by atoms with Gasteiger partial charge in [-0.05, 0) is 12.8 Å². The van der Waals surface area contributed by atoms with E-state index in [0.29, 0.717) is 24.3 Å². The number of rotatable bonds is 6. The first-order chi connectivity index (χ1) is 7.19.